The zero-order chi connectivity index (χ0) is 23.4. The number of amides is 4. The lowest BCUT2D eigenvalue weighted by atomic mass is 10.1. The molecular weight excluding hydrogens is 422 g/mol. The Bertz CT molecular complexity index is 674. The zero-order valence-electron chi connectivity index (χ0n) is 16.3. The molecule has 170 valence electrons. The average Bonchev–Trinajstić information content (AvgIpc) is 2.66. The highest BCUT2D eigenvalue weighted by molar-refractivity contribution is 7.80. The molecule has 0 aliphatic carbocycles. The number of primary amides is 1. The number of rotatable bonds is 14. The van der Waals surface area contributed by atoms with E-state index < -0.39 is 66.2 Å². The quantitative estimate of drug-likeness (QED) is 0.126. The van der Waals surface area contributed by atoms with E-state index >= 15 is 0 Å². The Balaban J connectivity index is 5.41. The predicted molar refractivity (Wildman–Crippen MR) is 106 cm³/mol. The maximum absolute atomic E-state index is 12.6. The summed E-state index contributed by atoms with van der Waals surface area (Å²) in [5.74, 6) is -5.90. The Morgan fingerprint density at radius 3 is 1.77 bits per heavy atom. The molecule has 0 saturated heterocycles. The molecule has 0 aliphatic rings. The molecule has 0 aromatic rings. The van der Waals surface area contributed by atoms with Gasteiger partial charge in [0.15, 0.2) is 0 Å². The molecule has 0 spiro atoms. The first-order valence-electron chi connectivity index (χ1n) is 8.89. The Labute approximate surface area is 177 Å². The van der Waals surface area contributed by atoms with Crippen LogP contribution in [0, 0.1) is 0 Å². The summed E-state index contributed by atoms with van der Waals surface area (Å²) in [6, 6.07) is -5.03. The number of hydrogen-bond acceptors (Lipinski definition) is 8. The second-order valence-corrected chi connectivity index (χ2v) is 6.78. The van der Waals surface area contributed by atoms with Crippen molar-refractivity contribution in [2.45, 2.75) is 56.8 Å². The normalized spacial score (nSPS) is 14.5. The minimum absolute atomic E-state index is 0.0319. The monoisotopic (exact) mass is 449 g/mol. The van der Waals surface area contributed by atoms with Gasteiger partial charge in [-0.05, 0) is 19.8 Å². The number of thiol groups is 1. The fourth-order valence-electron chi connectivity index (χ4n) is 2.10. The second-order valence-electron chi connectivity index (χ2n) is 6.42. The number of hydrogen-bond donors (Lipinski definition) is 8. The van der Waals surface area contributed by atoms with Gasteiger partial charge in [0.2, 0.25) is 23.6 Å². The lowest BCUT2D eigenvalue weighted by Crippen LogP contribution is -2.57. The first-order chi connectivity index (χ1) is 13.9. The second kappa shape index (κ2) is 13.4. The first kappa shape index (κ1) is 27.1. The van der Waals surface area contributed by atoms with Crippen LogP contribution in [0.4, 0.5) is 0 Å². The van der Waals surface area contributed by atoms with Crippen LogP contribution in [0.15, 0.2) is 0 Å². The average molecular weight is 449 g/mol. The zero-order valence-corrected chi connectivity index (χ0v) is 17.2. The van der Waals surface area contributed by atoms with Gasteiger partial charge in [-0.1, -0.05) is 0 Å². The number of carboxylic acids is 2. The topological polar surface area (TPSA) is 231 Å². The van der Waals surface area contributed by atoms with E-state index in [0.717, 1.165) is 0 Å². The Morgan fingerprint density at radius 2 is 1.33 bits per heavy atom. The third-order valence-electron chi connectivity index (χ3n) is 3.85. The van der Waals surface area contributed by atoms with Crippen molar-refractivity contribution in [3.63, 3.8) is 0 Å². The van der Waals surface area contributed by atoms with Crippen LogP contribution in [-0.2, 0) is 28.8 Å². The minimum Gasteiger partial charge on any atom is -0.481 e. The van der Waals surface area contributed by atoms with Crippen LogP contribution in [0.25, 0.3) is 0 Å². The summed E-state index contributed by atoms with van der Waals surface area (Å²) in [6.45, 7) is 1.20. The van der Waals surface area contributed by atoms with Crippen molar-refractivity contribution in [2.24, 2.45) is 11.5 Å². The number of nitrogens with one attached hydrogen (secondary N) is 3. The summed E-state index contributed by atoms with van der Waals surface area (Å²) in [7, 11) is 0. The molecule has 4 unspecified atom stereocenters. The molecule has 0 saturated carbocycles. The highest BCUT2D eigenvalue weighted by Crippen LogP contribution is 2.04. The lowest BCUT2D eigenvalue weighted by Gasteiger charge is -2.24. The van der Waals surface area contributed by atoms with E-state index in [1.54, 1.807) is 0 Å². The van der Waals surface area contributed by atoms with Crippen LogP contribution < -0.4 is 27.4 Å². The van der Waals surface area contributed by atoms with E-state index in [-0.39, 0.29) is 25.0 Å². The van der Waals surface area contributed by atoms with E-state index in [9.17, 15) is 28.8 Å². The van der Waals surface area contributed by atoms with Gasteiger partial charge >= 0.3 is 11.9 Å². The molecule has 9 N–H and O–H groups in total. The largest absolute Gasteiger partial charge is 0.481 e. The van der Waals surface area contributed by atoms with Gasteiger partial charge in [0.05, 0.1) is 6.04 Å². The van der Waals surface area contributed by atoms with Gasteiger partial charge in [-0.15, -0.1) is 0 Å². The predicted octanol–water partition coefficient (Wildman–Crippen LogP) is -3.07. The van der Waals surface area contributed by atoms with Gasteiger partial charge in [-0.2, -0.15) is 12.6 Å². The maximum atomic E-state index is 12.6. The standard InChI is InChI=1S/C16H27N5O8S/c1-7(16(28)29)19-14(26)9(2-4-11(18)22)21-15(27)10(3-5-12(23)24)20-13(25)8(17)6-30/h7-10,30H,2-6,17H2,1H3,(H2,18,22)(H,19,26)(H,20,25)(H,21,27)(H,23,24)(H,28,29). The van der Waals surface area contributed by atoms with Gasteiger partial charge in [0.25, 0.3) is 0 Å². The summed E-state index contributed by atoms with van der Waals surface area (Å²) >= 11 is 3.87. The molecule has 4 atom stereocenters. The van der Waals surface area contributed by atoms with Crippen LogP contribution in [0.3, 0.4) is 0 Å². The Kier molecular flexibility index (Phi) is 12.1. The van der Waals surface area contributed by atoms with Gasteiger partial charge in [-0.25, -0.2) is 0 Å². The Hall–Kier alpha value is -2.87. The summed E-state index contributed by atoms with van der Waals surface area (Å²) in [4.78, 5) is 69.7. The number of aliphatic carboxylic acids is 2. The number of nitrogens with two attached hydrogens (primary N) is 2. The molecule has 13 nitrogen and oxygen atoms in total. The van der Waals surface area contributed by atoms with E-state index in [2.05, 4.69) is 28.6 Å². The van der Waals surface area contributed by atoms with Crippen molar-refractivity contribution >= 4 is 48.2 Å². The van der Waals surface area contributed by atoms with Gasteiger partial charge in [0, 0.05) is 18.6 Å². The number of carboxylic acid groups (broad SMARTS) is 2. The van der Waals surface area contributed by atoms with E-state index in [0.29, 0.717) is 0 Å². The van der Waals surface area contributed by atoms with Crippen molar-refractivity contribution in [1.29, 1.82) is 0 Å². The minimum atomic E-state index is -1.35. The molecule has 0 bridgehead atoms. The lowest BCUT2D eigenvalue weighted by molar-refractivity contribution is -0.142. The molecule has 0 heterocycles. The molecule has 0 radical (unpaired) electrons. The fraction of sp³-hybridized carbons (Fsp3) is 0.625. The van der Waals surface area contributed by atoms with E-state index in [4.69, 9.17) is 21.7 Å². The van der Waals surface area contributed by atoms with Crippen LogP contribution in [0.2, 0.25) is 0 Å². The highest BCUT2D eigenvalue weighted by atomic mass is 32.1. The maximum Gasteiger partial charge on any atom is 0.325 e. The van der Waals surface area contributed by atoms with Crippen LogP contribution in [0.5, 0.6) is 0 Å². The molecule has 0 rings (SSSR count). The van der Waals surface area contributed by atoms with E-state index in [1.165, 1.54) is 6.92 Å². The van der Waals surface area contributed by atoms with Crippen LogP contribution >= 0.6 is 12.6 Å². The van der Waals surface area contributed by atoms with Crippen LogP contribution in [0.1, 0.15) is 32.6 Å². The van der Waals surface area contributed by atoms with Crippen molar-refractivity contribution in [3.05, 3.63) is 0 Å². The molecule has 30 heavy (non-hydrogen) atoms. The SMILES string of the molecule is CC(NC(=O)C(CCC(N)=O)NC(=O)C(CCC(=O)O)NC(=O)C(N)CS)C(=O)O. The summed E-state index contributed by atoms with van der Waals surface area (Å²) in [5.41, 5.74) is 10.6. The Morgan fingerprint density at radius 1 is 0.867 bits per heavy atom. The summed E-state index contributed by atoms with van der Waals surface area (Å²) in [5, 5.41) is 24.5. The van der Waals surface area contributed by atoms with Gasteiger partial charge in [-0.3, -0.25) is 28.8 Å². The molecule has 0 aromatic heterocycles. The fourth-order valence-corrected chi connectivity index (χ4v) is 2.27. The third kappa shape index (κ3) is 10.6. The van der Waals surface area contributed by atoms with Crippen molar-refractivity contribution in [2.75, 3.05) is 5.75 Å². The van der Waals surface area contributed by atoms with Crippen LogP contribution in [-0.4, -0.2) is 75.7 Å². The molecule has 0 fully saturated rings. The number of carbonyl (C=O) groups is 6. The molecule has 0 aromatic carbocycles. The molecule has 14 heteroatoms. The molecule has 4 amide bonds. The molecular formula is C16H27N5O8S. The molecule has 0 aliphatic heterocycles. The highest BCUT2D eigenvalue weighted by Gasteiger charge is 2.29. The summed E-state index contributed by atoms with van der Waals surface area (Å²) < 4.78 is 0. The van der Waals surface area contributed by atoms with E-state index in [1.807, 2.05) is 0 Å². The van der Waals surface area contributed by atoms with Crippen molar-refractivity contribution < 1.29 is 39.0 Å². The van der Waals surface area contributed by atoms with Crippen molar-refractivity contribution in [3.8, 4) is 0 Å². The summed E-state index contributed by atoms with van der Waals surface area (Å²) in [6.07, 6.45) is -1.31. The third-order valence-corrected chi connectivity index (χ3v) is 4.25. The first-order valence-corrected chi connectivity index (χ1v) is 9.52. The number of carbonyl (C=O) groups excluding carboxylic acids is 4. The van der Waals surface area contributed by atoms with Gasteiger partial charge < -0.3 is 37.6 Å². The van der Waals surface area contributed by atoms with Crippen molar-refractivity contribution in [1.82, 2.24) is 16.0 Å². The smallest absolute Gasteiger partial charge is 0.325 e. The van der Waals surface area contributed by atoms with Gasteiger partial charge in [0.1, 0.15) is 18.1 Å².